The Morgan fingerprint density at radius 2 is 2.18 bits per heavy atom. The second-order valence-corrected chi connectivity index (χ2v) is 6.59. The molecule has 0 aliphatic heterocycles. The first kappa shape index (κ1) is 14.8. The van der Waals surface area contributed by atoms with Crippen molar-refractivity contribution in [2.45, 2.75) is 13.5 Å². The first-order valence-corrected chi connectivity index (χ1v) is 7.95. The van der Waals surface area contributed by atoms with E-state index >= 15 is 0 Å². The molecule has 0 spiro atoms. The van der Waals surface area contributed by atoms with Gasteiger partial charge in [0.15, 0.2) is 0 Å². The van der Waals surface area contributed by atoms with Gasteiger partial charge in [-0.1, -0.05) is 23.7 Å². The quantitative estimate of drug-likeness (QED) is 0.778. The summed E-state index contributed by atoms with van der Waals surface area (Å²) in [5.74, 6) is 0.543. The normalized spacial score (nSPS) is 10.6. The van der Waals surface area contributed by atoms with Crippen molar-refractivity contribution in [2.24, 2.45) is 0 Å². The van der Waals surface area contributed by atoms with E-state index in [-0.39, 0.29) is 5.91 Å². The van der Waals surface area contributed by atoms with Gasteiger partial charge in [0.25, 0.3) is 5.91 Å². The Kier molecular flexibility index (Phi) is 4.27. The summed E-state index contributed by atoms with van der Waals surface area (Å²) in [5.41, 5.74) is 1.03. The molecular formula is C16H14ClN3OS. The Hall–Kier alpha value is -2.11. The molecule has 0 radical (unpaired) electrons. The second-order valence-electron chi connectivity index (χ2n) is 4.87. The van der Waals surface area contributed by atoms with Crippen LogP contribution < -0.4 is 5.32 Å². The first-order chi connectivity index (χ1) is 10.6. The van der Waals surface area contributed by atoms with E-state index in [1.807, 2.05) is 43.3 Å². The number of carbonyl (C=O) groups is 1. The van der Waals surface area contributed by atoms with Gasteiger partial charge in [-0.15, -0.1) is 11.3 Å². The summed E-state index contributed by atoms with van der Waals surface area (Å²) in [6, 6.07) is 13.1. The lowest BCUT2D eigenvalue weighted by atomic mass is 10.2. The van der Waals surface area contributed by atoms with E-state index in [9.17, 15) is 4.79 Å². The fraction of sp³-hybridized carbons (Fsp3) is 0.125. The number of anilines is 1. The molecule has 1 amide bonds. The van der Waals surface area contributed by atoms with Gasteiger partial charge in [0.2, 0.25) is 0 Å². The van der Waals surface area contributed by atoms with Crippen LogP contribution in [0.4, 0.5) is 5.82 Å². The molecule has 0 saturated heterocycles. The van der Waals surface area contributed by atoms with E-state index in [1.54, 1.807) is 16.9 Å². The number of aromatic nitrogens is 2. The highest BCUT2D eigenvalue weighted by Crippen LogP contribution is 2.18. The van der Waals surface area contributed by atoms with Crippen molar-refractivity contribution >= 4 is 34.7 Å². The summed E-state index contributed by atoms with van der Waals surface area (Å²) in [6.45, 7) is 2.53. The van der Waals surface area contributed by atoms with Gasteiger partial charge >= 0.3 is 0 Å². The molecule has 0 aliphatic carbocycles. The van der Waals surface area contributed by atoms with Gasteiger partial charge in [-0.3, -0.25) is 4.79 Å². The molecule has 0 atom stereocenters. The van der Waals surface area contributed by atoms with E-state index < -0.39 is 0 Å². The molecule has 112 valence electrons. The van der Waals surface area contributed by atoms with Crippen molar-refractivity contribution < 1.29 is 4.79 Å². The number of benzene rings is 1. The Labute approximate surface area is 137 Å². The van der Waals surface area contributed by atoms with Crippen LogP contribution in [0.25, 0.3) is 0 Å². The largest absolute Gasteiger partial charge is 0.306 e. The van der Waals surface area contributed by atoms with Crippen LogP contribution in [-0.2, 0) is 6.54 Å². The van der Waals surface area contributed by atoms with E-state index in [2.05, 4.69) is 10.4 Å². The minimum atomic E-state index is -0.119. The molecule has 2 aromatic heterocycles. The third-order valence-electron chi connectivity index (χ3n) is 3.14. The number of aryl methyl sites for hydroxylation is 1. The molecule has 1 N–H and O–H groups in total. The van der Waals surface area contributed by atoms with Crippen LogP contribution >= 0.6 is 22.9 Å². The van der Waals surface area contributed by atoms with Crippen molar-refractivity contribution in [1.82, 2.24) is 9.78 Å². The molecule has 4 nitrogen and oxygen atoms in total. The van der Waals surface area contributed by atoms with Crippen LogP contribution in [0.1, 0.15) is 20.1 Å². The average molecular weight is 332 g/mol. The first-order valence-electron chi connectivity index (χ1n) is 6.76. The topological polar surface area (TPSA) is 46.9 Å². The minimum absolute atomic E-state index is 0.119. The number of nitrogens with zero attached hydrogens (tertiary/aromatic N) is 2. The molecule has 0 fully saturated rings. The number of hydrogen-bond donors (Lipinski definition) is 1. The zero-order chi connectivity index (χ0) is 15.5. The third-order valence-corrected chi connectivity index (χ3v) is 4.38. The van der Waals surface area contributed by atoms with Crippen molar-refractivity contribution in [2.75, 3.05) is 5.32 Å². The lowest BCUT2D eigenvalue weighted by Crippen LogP contribution is -2.15. The van der Waals surface area contributed by atoms with Gasteiger partial charge in [-0.05, 0) is 36.8 Å². The highest BCUT2D eigenvalue weighted by atomic mass is 35.5. The average Bonchev–Trinajstić information content (AvgIpc) is 3.09. The molecular weight excluding hydrogens is 318 g/mol. The van der Waals surface area contributed by atoms with Crippen LogP contribution in [0.2, 0.25) is 5.02 Å². The molecule has 22 heavy (non-hydrogen) atoms. The van der Waals surface area contributed by atoms with Crippen LogP contribution in [0.15, 0.2) is 48.7 Å². The van der Waals surface area contributed by atoms with Crippen LogP contribution in [0.5, 0.6) is 0 Å². The van der Waals surface area contributed by atoms with Crippen LogP contribution in [-0.4, -0.2) is 15.7 Å². The molecule has 1 aromatic carbocycles. The SMILES string of the molecule is Cc1ccc(C(=O)Nc2ccnn2Cc2cccc(Cl)c2)s1. The molecule has 3 rings (SSSR count). The predicted octanol–water partition coefficient (Wildman–Crippen LogP) is 4.21. The standard InChI is InChI=1S/C16H14ClN3OS/c1-11-5-6-14(22-11)16(21)19-15-7-8-18-20(15)10-12-3-2-4-13(17)9-12/h2-9H,10H2,1H3,(H,19,21). The molecule has 0 saturated carbocycles. The Bertz CT molecular complexity index is 809. The van der Waals surface area contributed by atoms with Gasteiger partial charge < -0.3 is 5.32 Å². The fourth-order valence-corrected chi connectivity index (χ4v) is 3.08. The minimum Gasteiger partial charge on any atom is -0.306 e. The Balaban J connectivity index is 1.76. The van der Waals surface area contributed by atoms with E-state index in [0.717, 1.165) is 10.4 Å². The number of amides is 1. The van der Waals surface area contributed by atoms with Crippen LogP contribution in [0.3, 0.4) is 0 Å². The Morgan fingerprint density at radius 3 is 2.91 bits per heavy atom. The van der Waals surface area contributed by atoms with Gasteiger partial charge in [0.05, 0.1) is 17.6 Å². The van der Waals surface area contributed by atoms with Crippen LogP contribution in [0, 0.1) is 6.92 Å². The second kappa shape index (κ2) is 6.34. The van der Waals surface area contributed by atoms with Gasteiger partial charge in [-0.2, -0.15) is 5.10 Å². The lowest BCUT2D eigenvalue weighted by Gasteiger charge is -2.08. The molecule has 2 heterocycles. The molecule has 0 bridgehead atoms. The van der Waals surface area contributed by atoms with E-state index in [0.29, 0.717) is 22.3 Å². The zero-order valence-corrected chi connectivity index (χ0v) is 13.5. The predicted molar refractivity (Wildman–Crippen MR) is 89.8 cm³/mol. The van der Waals surface area contributed by atoms with E-state index in [1.165, 1.54) is 11.3 Å². The van der Waals surface area contributed by atoms with Crippen molar-refractivity contribution in [3.05, 3.63) is 69.0 Å². The van der Waals surface area contributed by atoms with Gasteiger partial charge in [0, 0.05) is 16.0 Å². The maximum absolute atomic E-state index is 12.2. The number of carbonyl (C=O) groups excluding carboxylic acids is 1. The smallest absolute Gasteiger partial charge is 0.266 e. The van der Waals surface area contributed by atoms with Crippen molar-refractivity contribution in [1.29, 1.82) is 0 Å². The molecule has 0 unspecified atom stereocenters. The summed E-state index contributed by atoms with van der Waals surface area (Å²) >= 11 is 7.46. The summed E-state index contributed by atoms with van der Waals surface area (Å²) in [5, 5.41) is 7.83. The number of halogens is 1. The molecule has 3 aromatic rings. The summed E-state index contributed by atoms with van der Waals surface area (Å²) < 4.78 is 1.74. The monoisotopic (exact) mass is 331 g/mol. The van der Waals surface area contributed by atoms with Gasteiger partial charge in [-0.25, -0.2) is 4.68 Å². The van der Waals surface area contributed by atoms with Crippen molar-refractivity contribution in [3.8, 4) is 0 Å². The zero-order valence-electron chi connectivity index (χ0n) is 11.9. The lowest BCUT2D eigenvalue weighted by molar-refractivity contribution is 0.102. The van der Waals surface area contributed by atoms with Crippen molar-refractivity contribution in [3.63, 3.8) is 0 Å². The molecule has 6 heteroatoms. The third kappa shape index (κ3) is 3.37. The van der Waals surface area contributed by atoms with E-state index in [4.69, 9.17) is 11.6 Å². The van der Waals surface area contributed by atoms with Gasteiger partial charge in [0.1, 0.15) is 5.82 Å². The fourth-order valence-electron chi connectivity index (χ4n) is 2.11. The number of rotatable bonds is 4. The molecule has 0 aliphatic rings. The summed E-state index contributed by atoms with van der Waals surface area (Å²) in [6.07, 6.45) is 1.67. The number of hydrogen-bond acceptors (Lipinski definition) is 3. The Morgan fingerprint density at radius 1 is 1.32 bits per heavy atom. The maximum Gasteiger partial charge on any atom is 0.266 e. The number of nitrogens with one attached hydrogen (secondary N) is 1. The summed E-state index contributed by atoms with van der Waals surface area (Å²) in [4.78, 5) is 14.0. The summed E-state index contributed by atoms with van der Waals surface area (Å²) in [7, 11) is 0. The highest BCUT2D eigenvalue weighted by Gasteiger charge is 2.11. The highest BCUT2D eigenvalue weighted by molar-refractivity contribution is 7.14. The maximum atomic E-state index is 12.2. The number of thiophene rings is 1.